The largest absolute Gasteiger partial charge is 0.481 e. The summed E-state index contributed by atoms with van der Waals surface area (Å²) < 4.78 is 30.5. The fourth-order valence-corrected chi connectivity index (χ4v) is 3.46. The fraction of sp³-hybridized carbons (Fsp3) is 0.333. The molecule has 2 rings (SSSR count). The molecular formula is C18H22N2O6S. The Hall–Kier alpha value is -2.65. The average molecular weight is 394 g/mol. The SMILES string of the molecule is Cc1coc(CC(=O)O)c1C(=O)NC(C)c1ccc(S(=O)(=O)N(C)C)cc1. The average Bonchev–Trinajstić information content (AvgIpc) is 2.94. The summed E-state index contributed by atoms with van der Waals surface area (Å²) in [5.41, 5.74) is 1.46. The van der Waals surface area contributed by atoms with Crippen LogP contribution in [0.3, 0.4) is 0 Å². The lowest BCUT2D eigenvalue weighted by molar-refractivity contribution is -0.136. The highest BCUT2D eigenvalue weighted by Gasteiger charge is 2.22. The summed E-state index contributed by atoms with van der Waals surface area (Å²) in [5, 5.41) is 11.7. The lowest BCUT2D eigenvalue weighted by Gasteiger charge is -2.16. The second-order valence-corrected chi connectivity index (χ2v) is 8.49. The molecule has 2 N–H and O–H groups in total. The quantitative estimate of drug-likeness (QED) is 0.741. The molecule has 0 fully saturated rings. The number of carboxylic acids is 1. The first kappa shape index (κ1) is 20.7. The van der Waals surface area contributed by atoms with Crippen LogP contribution in [0.5, 0.6) is 0 Å². The van der Waals surface area contributed by atoms with E-state index >= 15 is 0 Å². The van der Waals surface area contributed by atoms with Crippen LogP contribution in [-0.4, -0.2) is 43.8 Å². The molecule has 2 aromatic rings. The van der Waals surface area contributed by atoms with Gasteiger partial charge in [0.1, 0.15) is 12.2 Å². The van der Waals surface area contributed by atoms with Gasteiger partial charge < -0.3 is 14.8 Å². The van der Waals surface area contributed by atoms with Gasteiger partial charge in [-0.1, -0.05) is 12.1 Å². The monoisotopic (exact) mass is 394 g/mol. The summed E-state index contributed by atoms with van der Waals surface area (Å²) >= 11 is 0. The van der Waals surface area contributed by atoms with Crippen molar-refractivity contribution in [1.29, 1.82) is 0 Å². The van der Waals surface area contributed by atoms with E-state index in [1.807, 2.05) is 0 Å². The van der Waals surface area contributed by atoms with E-state index in [1.165, 1.54) is 32.5 Å². The molecule has 1 unspecified atom stereocenters. The number of nitrogens with one attached hydrogen (secondary N) is 1. The molecule has 1 heterocycles. The van der Waals surface area contributed by atoms with Crippen LogP contribution in [0.2, 0.25) is 0 Å². The maximum absolute atomic E-state index is 12.6. The van der Waals surface area contributed by atoms with Crippen LogP contribution in [0.4, 0.5) is 0 Å². The van der Waals surface area contributed by atoms with Crippen LogP contribution in [0.15, 0.2) is 39.8 Å². The highest BCUT2D eigenvalue weighted by atomic mass is 32.2. The molecule has 0 spiro atoms. The lowest BCUT2D eigenvalue weighted by atomic mass is 10.1. The van der Waals surface area contributed by atoms with Gasteiger partial charge in [-0.15, -0.1) is 0 Å². The third kappa shape index (κ3) is 4.55. The zero-order chi connectivity index (χ0) is 20.4. The number of aliphatic carboxylic acids is 1. The Kier molecular flexibility index (Phi) is 6.07. The first-order chi connectivity index (χ1) is 12.5. The Labute approximate surface area is 157 Å². The van der Waals surface area contributed by atoms with Crippen molar-refractivity contribution in [3.63, 3.8) is 0 Å². The van der Waals surface area contributed by atoms with E-state index in [9.17, 15) is 18.0 Å². The second-order valence-electron chi connectivity index (χ2n) is 6.34. The molecule has 9 heteroatoms. The topological polar surface area (TPSA) is 117 Å². The van der Waals surface area contributed by atoms with Gasteiger partial charge in [-0.25, -0.2) is 12.7 Å². The van der Waals surface area contributed by atoms with Crippen LogP contribution < -0.4 is 5.32 Å². The highest BCUT2D eigenvalue weighted by molar-refractivity contribution is 7.89. The van der Waals surface area contributed by atoms with Gasteiger partial charge in [0.05, 0.1) is 22.8 Å². The highest BCUT2D eigenvalue weighted by Crippen LogP contribution is 2.21. The van der Waals surface area contributed by atoms with Gasteiger partial charge in [0.15, 0.2) is 0 Å². The number of furan rings is 1. The summed E-state index contributed by atoms with van der Waals surface area (Å²) in [4.78, 5) is 23.6. The van der Waals surface area contributed by atoms with Crippen molar-refractivity contribution in [2.75, 3.05) is 14.1 Å². The van der Waals surface area contributed by atoms with Gasteiger partial charge in [0, 0.05) is 19.7 Å². The van der Waals surface area contributed by atoms with Crippen molar-refractivity contribution in [3.8, 4) is 0 Å². The molecule has 0 saturated carbocycles. The van der Waals surface area contributed by atoms with Crippen molar-refractivity contribution >= 4 is 21.9 Å². The number of carboxylic acid groups (broad SMARTS) is 1. The number of carbonyl (C=O) groups is 2. The number of rotatable bonds is 7. The van der Waals surface area contributed by atoms with Crippen molar-refractivity contribution in [2.24, 2.45) is 0 Å². The lowest BCUT2D eigenvalue weighted by Crippen LogP contribution is -2.28. The molecule has 1 atom stereocenters. The van der Waals surface area contributed by atoms with Gasteiger partial charge in [0.2, 0.25) is 10.0 Å². The van der Waals surface area contributed by atoms with Crippen LogP contribution in [0, 0.1) is 6.92 Å². The summed E-state index contributed by atoms with van der Waals surface area (Å²) in [6, 6.07) is 5.79. The van der Waals surface area contributed by atoms with E-state index in [0.29, 0.717) is 11.1 Å². The zero-order valence-electron chi connectivity index (χ0n) is 15.5. The predicted molar refractivity (Wildman–Crippen MR) is 98.0 cm³/mol. The molecular weight excluding hydrogens is 372 g/mol. The Balaban J connectivity index is 2.18. The molecule has 0 saturated heterocycles. The summed E-state index contributed by atoms with van der Waals surface area (Å²) in [5.74, 6) is -1.45. The Morgan fingerprint density at radius 3 is 2.33 bits per heavy atom. The summed E-state index contributed by atoms with van der Waals surface area (Å²) in [7, 11) is -0.618. The van der Waals surface area contributed by atoms with E-state index in [-0.39, 0.29) is 22.6 Å². The van der Waals surface area contributed by atoms with Crippen molar-refractivity contribution in [1.82, 2.24) is 9.62 Å². The third-order valence-corrected chi connectivity index (χ3v) is 5.93. The van der Waals surface area contributed by atoms with Crippen LogP contribution in [-0.2, 0) is 21.2 Å². The van der Waals surface area contributed by atoms with Crippen molar-refractivity contribution < 1.29 is 27.5 Å². The molecule has 1 aromatic heterocycles. The van der Waals surface area contributed by atoms with Gasteiger partial charge in [-0.2, -0.15) is 0 Å². The normalized spacial score (nSPS) is 12.8. The smallest absolute Gasteiger partial charge is 0.311 e. The minimum Gasteiger partial charge on any atom is -0.481 e. The summed E-state index contributed by atoms with van der Waals surface area (Å²) in [6.07, 6.45) is 0.959. The van der Waals surface area contributed by atoms with Gasteiger partial charge in [-0.3, -0.25) is 9.59 Å². The number of hydrogen-bond donors (Lipinski definition) is 2. The van der Waals surface area contributed by atoms with Crippen LogP contribution >= 0.6 is 0 Å². The predicted octanol–water partition coefficient (Wildman–Crippen LogP) is 1.96. The van der Waals surface area contributed by atoms with E-state index in [2.05, 4.69) is 5.32 Å². The first-order valence-corrected chi connectivity index (χ1v) is 9.60. The molecule has 1 aromatic carbocycles. The second kappa shape index (κ2) is 7.93. The van der Waals surface area contributed by atoms with E-state index in [1.54, 1.807) is 26.0 Å². The van der Waals surface area contributed by atoms with Gasteiger partial charge in [-0.05, 0) is 31.5 Å². The minimum absolute atomic E-state index is 0.0946. The molecule has 0 bridgehead atoms. The molecule has 27 heavy (non-hydrogen) atoms. The fourth-order valence-electron chi connectivity index (χ4n) is 2.56. The Bertz CT molecular complexity index is 945. The zero-order valence-corrected chi connectivity index (χ0v) is 16.3. The summed E-state index contributed by atoms with van der Waals surface area (Å²) in [6.45, 7) is 3.41. The number of nitrogens with zero attached hydrogens (tertiary/aromatic N) is 1. The van der Waals surface area contributed by atoms with Crippen molar-refractivity contribution in [3.05, 3.63) is 53.0 Å². The maximum Gasteiger partial charge on any atom is 0.311 e. The molecule has 0 aliphatic heterocycles. The maximum atomic E-state index is 12.6. The number of amides is 1. The molecule has 0 radical (unpaired) electrons. The Morgan fingerprint density at radius 2 is 1.81 bits per heavy atom. The first-order valence-electron chi connectivity index (χ1n) is 8.16. The third-order valence-electron chi connectivity index (χ3n) is 4.10. The number of carbonyl (C=O) groups excluding carboxylic acids is 1. The van der Waals surface area contributed by atoms with Gasteiger partial charge >= 0.3 is 5.97 Å². The standard InChI is InChI=1S/C18H22N2O6S/c1-11-10-26-15(9-16(21)22)17(11)18(23)19-12(2)13-5-7-14(8-6-13)27(24,25)20(3)4/h5-8,10,12H,9H2,1-4H3,(H,19,23)(H,21,22). The van der Waals surface area contributed by atoms with Gasteiger partial charge in [0.25, 0.3) is 5.91 Å². The molecule has 1 amide bonds. The van der Waals surface area contributed by atoms with Crippen molar-refractivity contribution in [2.45, 2.75) is 31.2 Å². The molecule has 146 valence electrons. The van der Waals surface area contributed by atoms with Crippen LogP contribution in [0.1, 0.15) is 40.2 Å². The number of aryl methyl sites for hydroxylation is 1. The van der Waals surface area contributed by atoms with Crippen LogP contribution in [0.25, 0.3) is 0 Å². The number of benzene rings is 1. The molecule has 8 nitrogen and oxygen atoms in total. The van der Waals surface area contributed by atoms with E-state index in [0.717, 1.165) is 4.31 Å². The Morgan fingerprint density at radius 1 is 1.22 bits per heavy atom. The van der Waals surface area contributed by atoms with E-state index in [4.69, 9.17) is 9.52 Å². The number of hydrogen-bond acceptors (Lipinski definition) is 5. The molecule has 0 aliphatic rings. The minimum atomic E-state index is -3.52. The number of sulfonamides is 1. The van der Waals surface area contributed by atoms with E-state index < -0.39 is 27.9 Å². The molecule has 0 aliphatic carbocycles.